The largest absolute Gasteiger partial charge is 0.330 e. The van der Waals surface area contributed by atoms with E-state index in [2.05, 4.69) is 13.5 Å². The van der Waals surface area contributed by atoms with Gasteiger partial charge in [0.1, 0.15) is 0 Å². The molecule has 0 rings (SSSR count). The maximum Gasteiger partial charge on any atom is -0.00742 e. The van der Waals surface area contributed by atoms with Gasteiger partial charge in [-0.15, -0.1) is 0 Å². The van der Waals surface area contributed by atoms with E-state index < -0.39 is 0 Å². The molecule has 0 aliphatic rings. The van der Waals surface area contributed by atoms with E-state index in [0.29, 0.717) is 0 Å². The highest BCUT2D eigenvalue weighted by molar-refractivity contribution is 5.07. The van der Waals surface area contributed by atoms with E-state index in [-0.39, 0.29) is 0 Å². The third-order valence-electron chi connectivity index (χ3n) is 1.18. The van der Waals surface area contributed by atoms with Crippen molar-refractivity contribution in [3.05, 3.63) is 24.3 Å². The Balaban J connectivity index is 3.36. The summed E-state index contributed by atoms with van der Waals surface area (Å²) in [5.41, 5.74) is 6.68. The van der Waals surface area contributed by atoms with Crippen molar-refractivity contribution in [2.24, 2.45) is 5.73 Å². The van der Waals surface area contributed by atoms with E-state index >= 15 is 0 Å². The molecule has 0 radical (unpaired) electrons. The molecule has 9 heavy (non-hydrogen) atoms. The maximum atomic E-state index is 5.32. The van der Waals surface area contributed by atoms with Crippen LogP contribution in [0.3, 0.4) is 0 Å². The fraction of sp³-hybridized carbons (Fsp3) is 0.500. The number of nitrogens with two attached hydrogens (primary N) is 1. The van der Waals surface area contributed by atoms with Crippen LogP contribution in [0.25, 0.3) is 0 Å². The summed E-state index contributed by atoms with van der Waals surface area (Å²) in [7, 11) is 0. The van der Waals surface area contributed by atoms with Gasteiger partial charge in [-0.3, -0.25) is 0 Å². The molecule has 0 amide bonds. The molecular weight excluding hydrogens is 110 g/mol. The van der Waals surface area contributed by atoms with Crippen molar-refractivity contribution in [1.29, 1.82) is 0 Å². The Morgan fingerprint density at radius 3 is 2.78 bits per heavy atom. The minimum absolute atomic E-state index is 0.780. The van der Waals surface area contributed by atoms with Gasteiger partial charge in [-0.05, 0) is 26.3 Å². The molecule has 0 aromatic heterocycles. The quantitative estimate of drug-likeness (QED) is 0.570. The zero-order valence-electron chi connectivity index (χ0n) is 6.06. The van der Waals surface area contributed by atoms with E-state index in [1.54, 1.807) is 0 Å². The Kier molecular flexibility index (Phi) is 5.23. The smallest absolute Gasteiger partial charge is 0.00742 e. The summed E-state index contributed by atoms with van der Waals surface area (Å²) in [6.45, 7) is 6.48. The highest BCUT2D eigenvalue weighted by Gasteiger charge is 1.84. The van der Waals surface area contributed by atoms with Gasteiger partial charge in [0.25, 0.3) is 0 Å². The zero-order chi connectivity index (χ0) is 7.11. The number of rotatable bonds is 4. The number of allylic oxidation sites excluding steroid dienone is 3. The number of hydrogen-bond acceptors (Lipinski definition) is 1. The molecule has 1 heteroatoms. The fourth-order valence-corrected chi connectivity index (χ4v) is 0.665. The molecule has 0 unspecified atom stereocenters. The maximum absolute atomic E-state index is 5.32. The molecule has 0 aliphatic carbocycles. The molecule has 52 valence electrons. The van der Waals surface area contributed by atoms with Gasteiger partial charge in [-0.25, -0.2) is 0 Å². The minimum atomic E-state index is 0.780. The molecule has 0 fully saturated rings. The molecule has 0 aliphatic heterocycles. The van der Waals surface area contributed by atoms with Crippen molar-refractivity contribution in [3.8, 4) is 0 Å². The first kappa shape index (κ1) is 8.44. The van der Waals surface area contributed by atoms with Crippen LogP contribution >= 0.6 is 0 Å². The lowest BCUT2D eigenvalue weighted by molar-refractivity contribution is 0.823. The number of hydrogen-bond donors (Lipinski definition) is 1. The molecule has 0 atom stereocenters. The molecule has 0 aromatic carbocycles. The second-order valence-corrected chi connectivity index (χ2v) is 2.14. The Labute approximate surface area is 57.3 Å². The lowest BCUT2D eigenvalue weighted by Crippen LogP contribution is -1.97. The van der Waals surface area contributed by atoms with Crippen molar-refractivity contribution >= 4 is 0 Å². The van der Waals surface area contributed by atoms with Crippen molar-refractivity contribution < 1.29 is 0 Å². The Morgan fingerprint density at radius 1 is 1.67 bits per heavy atom. The van der Waals surface area contributed by atoms with Crippen LogP contribution in [-0.4, -0.2) is 6.54 Å². The molecule has 2 N–H and O–H groups in total. The summed E-state index contributed by atoms with van der Waals surface area (Å²) in [4.78, 5) is 0. The second kappa shape index (κ2) is 5.57. The Morgan fingerprint density at radius 2 is 2.33 bits per heavy atom. The summed E-state index contributed by atoms with van der Waals surface area (Å²) in [6, 6.07) is 0. The van der Waals surface area contributed by atoms with E-state index in [1.165, 1.54) is 5.57 Å². The van der Waals surface area contributed by atoms with Gasteiger partial charge in [-0.1, -0.05) is 24.3 Å². The van der Waals surface area contributed by atoms with Gasteiger partial charge in [0.05, 0.1) is 0 Å². The molecule has 0 saturated heterocycles. The zero-order valence-corrected chi connectivity index (χ0v) is 6.06. The van der Waals surface area contributed by atoms with Crippen LogP contribution in [-0.2, 0) is 0 Å². The Hall–Kier alpha value is -0.560. The molecule has 0 bridgehead atoms. The van der Waals surface area contributed by atoms with Crippen LogP contribution < -0.4 is 5.73 Å². The van der Waals surface area contributed by atoms with Crippen LogP contribution in [0.4, 0.5) is 0 Å². The van der Waals surface area contributed by atoms with Gasteiger partial charge in [0, 0.05) is 0 Å². The average molecular weight is 125 g/mol. The van der Waals surface area contributed by atoms with Gasteiger partial charge in [0.15, 0.2) is 0 Å². The van der Waals surface area contributed by atoms with Crippen LogP contribution in [0.2, 0.25) is 0 Å². The van der Waals surface area contributed by atoms with Gasteiger partial charge >= 0.3 is 0 Å². The average Bonchev–Trinajstić information content (AvgIpc) is 1.85. The lowest BCUT2D eigenvalue weighted by atomic mass is 10.1. The summed E-state index contributed by atoms with van der Waals surface area (Å²) < 4.78 is 0. The molecular formula is C8H15N. The van der Waals surface area contributed by atoms with E-state index in [0.717, 1.165) is 19.4 Å². The van der Waals surface area contributed by atoms with Crippen molar-refractivity contribution in [3.63, 3.8) is 0 Å². The second-order valence-electron chi connectivity index (χ2n) is 2.14. The normalized spacial score (nSPS) is 11.6. The molecule has 0 spiro atoms. The topological polar surface area (TPSA) is 26.0 Å². The van der Waals surface area contributed by atoms with Crippen LogP contribution in [0.15, 0.2) is 24.3 Å². The standard InChI is InChI=1S/C8H15N/c1-3-5-8(2)6-4-7-9/h3,5H,1,4,6-7,9H2,2H3/b8-5-. The van der Waals surface area contributed by atoms with Crippen LogP contribution in [0.5, 0.6) is 0 Å². The predicted molar refractivity (Wildman–Crippen MR) is 42.2 cm³/mol. The minimum Gasteiger partial charge on any atom is -0.330 e. The van der Waals surface area contributed by atoms with Crippen molar-refractivity contribution in [2.75, 3.05) is 6.54 Å². The lowest BCUT2D eigenvalue weighted by Gasteiger charge is -1.95. The summed E-state index contributed by atoms with van der Waals surface area (Å²) in [5, 5.41) is 0. The molecule has 0 saturated carbocycles. The Bertz CT molecular complexity index is 103. The van der Waals surface area contributed by atoms with Crippen molar-refractivity contribution in [2.45, 2.75) is 19.8 Å². The van der Waals surface area contributed by atoms with Crippen molar-refractivity contribution in [1.82, 2.24) is 0 Å². The predicted octanol–water partition coefficient (Wildman–Crippen LogP) is 1.86. The van der Waals surface area contributed by atoms with Gasteiger partial charge in [0.2, 0.25) is 0 Å². The molecule has 1 nitrogen and oxygen atoms in total. The first-order valence-electron chi connectivity index (χ1n) is 3.29. The highest BCUT2D eigenvalue weighted by Crippen LogP contribution is 2.01. The molecule has 0 heterocycles. The first-order valence-corrected chi connectivity index (χ1v) is 3.29. The fourth-order valence-electron chi connectivity index (χ4n) is 0.665. The van der Waals surface area contributed by atoms with Gasteiger partial charge < -0.3 is 5.73 Å². The van der Waals surface area contributed by atoms with E-state index in [9.17, 15) is 0 Å². The third-order valence-corrected chi connectivity index (χ3v) is 1.18. The van der Waals surface area contributed by atoms with Crippen LogP contribution in [0.1, 0.15) is 19.8 Å². The summed E-state index contributed by atoms with van der Waals surface area (Å²) in [6.07, 6.45) is 6.01. The third kappa shape index (κ3) is 5.31. The monoisotopic (exact) mass is 125 g/mol. The highest BCUT2D eigenvalue weighted by atomic mass is 14.5. The van der Waals surface area contributed by atoms with E-state index in [1.807, 2.05) is 12.2 Å². The van der Waals surface area contributed by atoms with Crippen LogP contribution in [0, 0.1) is 0 Å². The summed E-state index contributed by atoms with van der Waals surface area (Å²) in [5.74, 6) is 0. The summed E-state index contributed by atoms with van der Waals surface area (Å²) >= 11 is 0. The SMILES string of the molecule is C=C/C=C(/C)CCCN. The molecule has 0 aromatic rings. The van der Waals surface area contributed by atoms with E-state index in [4.69, 9.17) is 5.73 Å². The van der Waals surface area contributed by atoms with Gasteiger partial charge in [-0.2, -0.15) is 0 Å². The first-order chi connectivity index (χ1) is 4.31.